The second-order valence-electron chi connectivity index (χ2n) is 4.99. The van der Waals surface area contributed by atoms with Crippen LogP contribution in [-0.4, -0.2) is 21.8 Å². The lowest BCUT2D eigenvalue weighted by Gasteiger charge is -2.09. The zero-order valence-electron chi connectivity index (χ0n) is 12.8. The van der Waals surface area contributed by atoms with Crippen LogP contribution < -0.4 is 5.11 Å². The number of hydrogen-bond donors (Lipinski definition) is 1. The number of thioether (sulfide) groups is 1. The molecule has 0 saturated heterocycles. The Morgan fingerprint density at radius 1 is 1.24 bits per heavy atom. The highest BCUT2D eigenvalue weighted by Crippen LogP contribution is 2.30. The van der Waals surface area contributed by atoms with E-state index in [1.807, 2.05) is 30.3 Å². The number of carboxylic acid groups (broad SMARTS) is 1. The van der Waals surface area contributed by atoms with Gasteiger partial charge in [0.2, 0.25) is 0 Å². The molecule has 1 N–H and O–H groups in total. The fraction of sp³-hybridized carbons (Fsp3) is 0.0556. The molecule has 0 aliphatic heterocycles. The number of hydrogen-bond acceptors (Lipinski definition) is 7. The first-order valence-electron chi connectivity index (χ1n) is 7.21. The number of nitriles is 1. The maximum Gasteiger partial charge on any atom is 0.138 e. The third-order valence-corrected chi connectivity index (χ3v) is 5.52. The van der Waals surface area contributed by atoms with Gasteiger partial charge in [-0.1, -0.05) is 30.3 Å². The summed E-state index contributed by atoms with van der Waals surface area (Å²) in [5, 5.41) is 31.3. The van der Waals surface area contributed by atoms with Gasteiger partial charge in [-0.2, -0.15) is 5.26 Å². The number of aromatic nitrogens is 1. The highest BCUT2D eigenvalue weighted by Gasteiger charge is 2.14. The fourth-order valence-electron chi connectivity index (χ4n) is 2.19. The molecule has 0 aliphatic carbocycles. The fourth-order valence-corrected chi connectivity index (χ4v) is 4.10. The molecule has 7 heteroatoms. The lowest BCUT2D eigenvalue weighted by Crippen LogP contribution is -2.22. The van der Waals surface area contributed by atoms with Gasteiger partial charge in [0.15, 0.2) is 0 Å². The molecule has 1 heterocycles. The van der Waals surface area contributed by atoms with E-state index in [9.17, 15) is 20.3 Å². The Hall–Kier alpha value is -2.82. The zero-order chi connectivity index (χ0) is 17.8. The number of nitrogens with zero attached hydrogens (tertiary/aromatic N) is 2. The van der Waals surface area contributed by atoms with Gasteiger partial charge in [-0.3, -0.25) is 0 Å². The molecule has 3 rings (SSSR count). The summed E-state index contributed by atoms with van der Waals surface area (Å²) in [6, 6.07) is 15.8. The van der Waals surface area contributed by atoms with Gasteiger partial charge in [0.05, 0.1) is 21.9 Å². The van der Waals surface area contributed by atoms with Crippen LogP contribution in [0.3, 0.4) is 0 Å². The highest BCUT2D eigenvalue weighted by molar-refractivity contribution is 7.99. The monoisotopic (exact) mass is 367 g/mol. The van der Waals surface area contributed by atoms with Crippen molar-refractivity contribution in [1.29, 1.82) is 5.26 Å². The van der Waals surface area contributed by atoms with E-state index >= 15 is 0 Å². The molecular weight excluding hydrogens is 356 g/mol. The summed E-state index contributed by atoms with van der Waals surface area (Å²) in [6.07, 6.45) is 0. The van der Waals surface area contributed by atoms with E-state index in [2.05, 4.69) is 4.98 Å². The molecule has 5 nitrogen and oxygen atoms in total. The second kappa shape index (κ2) is 7.38. The summed E-state index contributed by atoms with van der Waals surface area (Å²) in [5.74, 6) is -1.36. The quantitative estimate of drug-likeness (QED) is 0.422. The summed E-state index contributed by atoms with van der Waals surface area (Å²) in [7, 11) is 0. The van der Waals surface area contributed by atoms with Crippen molar-refractivity contribution in [3.63, 3.8) is 0 Å². The van der Waals surface area contributed by atoms with Crippen LogP contribution in [0.2, 0.25) is 0 Å². The van der Waals surface area contributed by atoms with Crippen LogP contribution in [0.4, 0.5) is 0 Å². The SMILES string of the molecule is N#C/C(=C(/O)CSc1ccccc1C(=O)[O-])c1nc2ccccc2s1. The number of rotatable bonds is 5. The first kappa shape index (κ1) is 17.0. The molecule has 0 aliphatic rings. The number of thiazole rings is 1. The molecule has 25 heavy (non-hydrogen) atoms. The number of benzene rings is 2. The third-order valence-electron chi connectivity index (χ3n) is 3.38. The molecule has 0 saturated carbocycles. The first-order chi connectivity index (χ1) is 12.1. The van der Waals surface area contributed by atoms with E-state index < -0.39 is 5.97 Å². The van der Waals surface area contributed by atoms with Crippen LogP contribution in [-0.2, 0) is 0 Å². The van der Waals surface area contributed by atoms with Gasteiger partial charge < -0.3 is 15.0 Å². The third kappa shape index (κ3) is 3.65. The average molecular weight is 367 g/mol. The van der Waals surface area contributed by atoms with Crippen LogP contribution in [0.1, 0.15) is 15.4 Å². The molecule has 0 unspecified atom stereocenters. The van der Waals surface area contributed by atoms with Crippen molar-refractivity contribution >= 4 is 44.9 Å². The van der Waals surface area contributed by atoms with Crippen LogP contribution in [0.5, 0.6) is 0 Å². The second-order valence-corrected chi connectivity index (χ2v) is 7.04. The Morgan fingerprint density at radius 2 is 1.96 bits per heavy atom. The number of carboxylic acids is 1. The topological polar surface area (TPSA) is 97.0 Å². The Kier molecular flexibility index (Phi) is 5.03. The highest BCUT2D eigenvalue weighted by atomic mass is 32.2. The van der Waals surface area contributed by atoms with Crippen LogP contribution in [0.25, 0.3) is 15.8 Å². The molecule has 124 valence electrons. The molecule has 0 amide bonds. The van der Waals surface area contributed by atoms with Gasteiger partial charge in [-0.25, -0.2) is 4.98 Å². The Morgan fingerprint density at radius 3 is 2.68 bits per heavy atom. The lowest BCUT2D eigenvalue weighted by atomic mass is 10.2. The Balaban J connectivity index is 1.88. The number of carbonyl (C=O) groups excluding carboxylic acids is 1. The van der Waals surface area contributed by atoms with Gasteiger partial charge >= 0.3 is 0 Å². The lowest BCUT2D eigenvalue weighted by molar-refractivity contribution is -0.255. The van der Waals surface area contributed by atoms with Gasteiger partial charge in [0, 0.05) is 10.5 Å². The predicted octanol–water partition coefficient (Wildman–Crippen LogP) is 3.24. The molecule has 0 atom stereocenters. The molecule has 2 aromatic carbocycles. The van der Waals surface area contributed by atoms with Crippen molar-refractivity contribution in [2.75, 3.05) is 5.75 Å². The van der Waals surface area contributed by atoms with Crippen molar-refractivity contribution in [1.82, 2.24) is 4.98 Å². The van der Waals surface area contributed by atoms with Crippen molar-refractivity contribution in [2.45, 2.75) is 4.90 Å². The van der Waals surface area contributed by atoms with E-state index in [1.54, 1.807) is 18.2 Å². The number of carbonyl (C=O) groups is 1. The van der Waals surface area contributed by atoms with E-state index in [4.69, 9.17) is 0 Å². The van der Waals surface area contributed by atoms with Crippen LogP contribution in [0, 0.1) is 11.3 Å². The minimum atomic E-state index is -1.28. The molecule has 1 aromatic heterocycles. The largest absolute Gasteiger partial charge is 0.545 e. The number of aliphatic hydroxyl groups excluding tert-OH is 1. The van der Waals surface area contributed by atoms with E-state index in [1.165, 1.54) is 17.4 Å². The summed E-state index contributed by atoms with van der Waals surface area (Å²) < 4.78 is 0.924. The molecular formula is C18H11N2O3S2-. The predicted molar refractivity (Wildman–Crippen MR) is 96.3 cm³/mol. The number of aliphatic hydroxyl groups is 1. The van der Waals surface area contributed by atoms with E-state index in [-0.39, 0.29) is 22.6 Å². The zero-order valence-corrected chi connectivity index (χ0v) is 14.4. The number of aromatic carboxylic acids is 1. The average Bonchev–Trinajstić information content (AvgIpc) is 3.04. The normalized spacial score (nSPS) is 11.8. The standard InChI is InChI=1S/C18H12N2O3S2/c19-9-12(17-20-13-6-2-4-8-16(13)25-17)14(21)10-24-15-7-3-1-5-11(15)18(22)23/h1-8,21H,10H2,(H,22,23)/p-1/b14-12-. The van der Waals surface area contributed by atoms with Crippen molar-refractivity contribution in [2.24, 2.45) is 0 Å². The van der Waals surface area contributed by atoms with E-state index in [0.29, 0.717) is 9.90 Å². The summed E-state index contributed by atoms with van der Waals surface area (Å²) in [4.78, 5) is 16.0. The summed E-state index contributed by atoms with van der Waals surface area (Å²) in [6.45, 7) is 0. The number of allylic oxidation sites excluding steroid dienone is 1. The Labute approximate surface area is 151 Å². The van der Waals surface area contributed by atoms with Crippen molar-refractivity contribution in [3.8, 4) is 6.07 Å². The van der Waals surface area contributed by atoms with Gasteiger partial charge in [0.25, 0.3) is 0 Å². The molecule has 0 radical (unpaired) electrons. The smallest absolute Gasteiger partial charge is 0.138 e. The van der Waals surface area contributed by atoms with Crippen LogP contribution in [0.15, 0.2) is 59.2 Å². The van der Waals surface area contributed by atoms with Gasteiger partial charge in [-0.05, 0) is 18.2 Å². The summed E-state index contributed by atoms with van der Waals surface area (Å²) in [5.41, 5.74) is 0.913. The van der Waals surface area contributed by atoms with Gasteiger partial charge in [-0.15, -0.1) is 23.1 Å². The number of para-hydroxylation sites is 1. The maximum absolute atomic E-state index is 11.1. The van der Waals surface area contributed by atoms with Crippen molar-refractivity contribution < 1.29 is 15.0 Å². The summed E-state index contributed by atoms with van der Waals surface area (Å²) >= 11 is 2.45. The minimum Gasteiger partial charge on any atom is -0.545 e. The Bertz CT molecular complexity index is 985. The molecule has 0 bridgehead atoms. The van der Waals surface area contributed by atoms with Gasteiger partial charge in [0.1, 0.15) is 22.4 Å². The molecule has 0 fully saturated rings. The molecule has 0 spiro atoms. The maximum atomic E-state index is 11.1. The molecule has 3 aromatic rings. The first-order valence-corrected chi connectivity index (χ1v) is 9.01. The van der Waals surface area contributed by atoms with Crippen molar-refractivity contribution in [3.05, 3.63) is 64.9 Å². The van der Waals surface area contributed by atoms with Crippen LogP contribution >= 0.6 is 23.1 Å². The number of fused-ring (bicyclic) bond motifs is 1. The minimum absolute atomic E-state index is 0.0544. The van der Waals surface area contributed by atoms with E-state index in [0.717, 1.165) is 22.0 Å².